The highest BCUT2D eigenvalue weighted by molar-refractivity contribution is 6.60. The first kappa shape index (κ1) is 45.7. The monoisotopic (exact) mass is 685 g/mol. The first-order valence-electron chi connectivity index (χ1n) is 17.9. The molecule has 0 aromatic rings. The van der Waals surface area contributed by atoms with Crippen LogP contribution in [0.25, 0.3) is 0 Å². The van der Waals surface area contributed by atoms with Crippen LogP contribution in [0.5, 0.6) is 0 Å². The second kappa shape index (κ2) is 37.6. The average Bonchev–Trinajstić information content (AvgIpc) is 3.05. The highest BCUT2D eigenvalue weighted by Crippen LogP contribution is 2.18. The number of nitrogens with one attached hydrogen (secondary N) is 1. The molecule has 0 aliphatic rings. The third kappa shape index (κ3) is 31.0. The Kier molecular flexibility index (Phi) is 37.3. The summed E-state index contributed by atoms with van der Waals surface area (Å²) in [6.07, 6.45) is 6.17. The van der Waals surface area contributed by atoms with Gasteiger partial charge < -0.3 is 56.5 Å². The van der Waals surface area contributed by atoms with Crippen LogP contribution in [0.15, 0.2) is 0 Å². The van der Waals surface area contributed by atoms with Gasteiger partial charge in [0.05, 0.1) is 85.9 Å². The van der Waals surface area contributed by atoms with Gasteiger partial charge in [-0.3, -0.25) is 0 Å². The van der Waals surface area contributed by atoms with Crippen molar-refractivity contribution < 1.29 is 51.2 Å². The number of hydrogen-bond acceptors (Lipinski definition) is 12. The molecule has 0 spiro atoms. The Morgan fingerprint density at radius 3 is 1.20 bits per heavy atom. The molecule has 0 fully saturated rings. The Labute approximate surface area is 282 Å². The number of hydrogen-bond donors (Lipinski definition) is 1. The van der Waals surface area contributed by atoms with Gasteiger partial charge in [0, 0.05) is 51.7 Å². The smallest absolute Gasteiger partial charge is 0.379 e. The summed E-state index contributed by atoms with van der Waals surface area (Å²) in [6.45, 7) is 22.4. The van der Waals surface area contributed by atoms with Gasteiger partial charge in [-0.25, -0.2) is 0 Å². The summed E-state index contributed by atoms with van der Waals surface area (Å²) < 4.78 is 63.1. The Hall–Kier alpha value is -0.263. The molecule has 0 aliphatic heterocycles. The van der Waals surface area contributed by atoms with Gasteiger partial charge in [-0.1, -0.05) is 26.7 Å². The molecule has 0 heterocycles. The zero-order valence-corrected chi connectivity index (χ0v) is 31.2. The molecule has 0 aliphatic carbocycles. The van der Waals surface area contributed by atoms with E-state index in [-0.39, 0.29) is 6.04 Å². The molecular weight excluding hydrogens is 614 g/mol. The molecule has 13 heteroatoms. The topological polar surface area (TPSA) is 114 Å². The summed E-state index contributed by atoms with van der Waals surface area (Å²) in [5, 5.41) is 3.63. The Bertz CT molecular complexity index is 567. The van der Waals surface area contributed by atoms with Gasteiger partial charge in [-0.2, -0.15) is 0 Å². The van der Waals surface area contributed by atoms with Crippen LogP contribution in [0.1, 0.15) is 73.1 Å². The molecule has 0 saturated carbocycles. The predicted molar refractivity (Wildman–Crippen MR) is 183 cm³/mol. The maximum Gasteiger partial charge on any atom is 0.500 e. The van der Waals surface area contributed by atoms with Crippen LogP contribution in [0.3, 0.4) is 0 Å². The fraction of sp³-hybridized carbons (Fsp3) is 1.00. The molecular formula is C33H71NO11Si. The first-order chi connectivity index (χ1) is 22.7. The lowest BCUT2D eigenvalue weighted by Gasteiger charge is -2.28. The minimum absolute atomic E-state index is 0.146. The van der Waals surface area contributed by atoms with Crippen molar-refractivity contribution in [3.05, 3.63) is 0 Å². The zero-order chi connectivity index (χ0) is 33.7. The second-order valence-corrected chi connectivity index (χ2v) is 13.3. The Balaban J connectivity index is 4.24. The zero-order valence-electron chi connectivity index (χ0n) is 30.2. The Morgan fingerprint density at radius 1 is 0.435 bits per heavy atom. The molecule has 0 bridgehead atoms. The lowest BCUT2D eigenvalue weighted by molar-refractivity contribution is -0.00925. The van der Waals surface area contributed by atoms with E-state index in [1.165, 1.54) is 0 Å². The van der Waals surface area contributed by atoms with Crippen molar-refractivity contribution in [3.8, 4) is 0 Å². The Morgan fingerprint density at radius 2 is 0.804 bits per heavy atom. The number of ether oxygens (including phenoxy) is 8. The normalized spacial score (nSPS) is 12.7. The van der Waals surface area contributed by atoms with Crippen molar-refractivity contribution in [2.24, 2.45) is 0 Å². The van der Waals surface area contributed by atoms with Crippen molar-refractivity contribution in [1.82, 2.24) is 5.32 Å². The van der Waals surface area contributed by atoms with E-state index in [2.05, 4.69) is 19.2 Å². The molecule has 278 valence electrons. The highest BCUT2D eigenvalue weighted by atomic mass is 28.4. The van der Waals surface area contributed by atoms with Crippen LogP contribution >= 0.6 is 0 Å². The SMILES string of the molecule is CCCCOCCOCCOCCOCCC(COCCOCCOCCOCCCC)NCCC[Si](OCC)(OCC)OCC. The fourth-order valence-corrected chi connectivity index (χ4v) is 6.83. The van der Waals surface area contributed by atoms with E-state index < -0.39 is 8.80 Å². The van der Waals surface area contributed by atoms with Crippen LogP contribution < -0.4 is 5.32 Å². The maximum absolute atomic E-state index is 6.00. The third-order valence-corrected chi connectivity index (χ3v) is 9.78. The average molecular weight is 686 g/mol. The third-order valence-electron chi connectivity index (χ3n) is 6.63. The van der Waals surface area contributed by atoms with E-state index in [0.29, 0.717) is 112 Å². The maximum atomic E-state index is 6.00. The summed E-state index contributed by atoms with van der Waals surface area (Å²) in [7, 11) is -2.65. The van der Waals surface area contributed by atoms with Crippen molar-refractivity contribution in [3.63, 3.8) is 0 Å². The standard InChI is InChI=1S/C33H71NO11Si/c1-6-11-16-35-19-22-38-25-26-40-24-21-37-18-14-33(34-15-13-31-46(43-8-3,44-9-4)45-10-5)32-42-30-29-41-28-27-39-23-20-36-17-12-7-2/h33-34H,6-32H2,1-5H3. The molecule has 46 heavy (non-hydrogen) atoms. The van der Waals surface area contributed by atoms with Crippen molar-refractivity contribution in [1.29, 1.82) is 0 Å². The van der Waals surface area contributed by atoms with Gasteiger partial charge in [0.2, 0.25) is 0 Å². The van der Waals surface area contributed by atoms with E-state index >= 15 is 0 Å². The van der Waals surface area contributed by atoms with Crippen molar-refractivity contribution >= 4 is 8.80 Å². The summed E-state index contributed by atoms with van der Waals surface area (Å²) in [5.41, 5.74) is 0. The molecule has 1 atom stereocenters. The second-order valence-electron chi connectivity index (χ2n) is 10.6. The highest BCUT2D eigenvalue weighted by Gasteiger charge is 2.39. The summed E-state index contributed by atoms with van der Waals surface area (Å²) in [4.78, 5) is 0. The molecule has 0 radical (unpaired) electrons. The fourth-order valence-electron chi connectivity index (χ4n) is 4.22. The van der Waals surface area contributed by atoms with E-state index in [9.17, 15) is 0 Å². The predicted octanol–water partition coefficient (Wildman–Crippen LogP) is 4.51. The van der Waals surface area contributed by atoms with Gasteiger partial charge in [0.25, 0.3) is 0 Å². The molecule has 12 nitrogen and oxygen atoms in total. The molecule has 0 rings (SSSR count). The lowest BCUT2D eigenvalue weighted by Crippen LogP contribution is -2.46. The molecule has 0 aromatic carbocycles. The van der Waals surface area contributed by atoms with E-state index in [1.54, 1.807) is 0 Å². The summed E-state index contributed by atoms with van der Waals surface area (Å²) in [6, 6.07) is 0.917. The van der Waals surface area contributed by atoms with Crippen LogP contribution in [0.2, 0.25) is 6.04 Å². The molecule has 0 saturated heterocycles. The van der Waals surface area contributed by atoms with Gasteiger partial charge in [0.15, 0.2) is 0 Å². The van der Waals surface area contributed by atoms with Crippen LogP contribution in [0, 0.1) is 0 Å². The van der Waals surface area contributed by atoms with Crippen LogP contribution in [-0.4, -0.2) is 147 Å². The van der Waals surface area contributed by atoms with Crippen molar-refractivity contribution in [2.45, 2.75) is 85.2 Å². The van der Waals surface area contributed by atoms with Gasteiger partial charge in [-0.15, -0.1) is 0 Å². The minimum Gasteiger partial charge on any atom is -0.379 e. The van der Waals surface area contributed by atoms with Gasteiger partial charge in [-0.05, 0) is 53.0 Å². The lowest BCUT2D eigenvalue weighted by atomic mass is 10.2. The number of rotatable bonds is 40. The summed E-state index contributed by atoms with van der Waals surface area (Å²) in [5.74, 6) is 0. The van der Waals surface area contributed by atoms with Crippen LogP contribution in [-0.2, 0) is 51.2 Å². The first-order valence-corrected chi connectivity index (χ1v) is 19.9. The number of unbranched alkanes of at least 4 members (excludes halogenated alkanes) is 2. The van der Waals surface area contributed by atoms with Gasteiger partial charge >= 0.3 is 8.80 Å². The van der Waals surface area contributed by atoms with Crippen molar-refractivity contribution in [2.75, 3.05) is 132 Å². The molecule has 1 unspecified atom stereocenters. The largest absolute Gasteiger partial charge is 0.500 e. The molecule has 0 aromatic heterocycles. The molecule has 0 amide bonds. The summed E-state index contributed by atoms with van der Waals surface area (Å²) >= 11 is 0. The van der Waals surface area contributed by atoms with Gasteiger partial charge in [0.1, 0.15) is 0 Å². The molecule has 1 N–H and O–H groups in total. The van der Waals surface area contributed by atoms with E-state index in [0.717, 1.165) is 64.3 Å². The van der Waals surface area contributed by atoms with E-state index in [1.807, 2.05) is 20.8 Å². The van der Waals surface area contributed by atoms with E-state index in [4.69, 9.17) is 51.2 Å². The quantitative estimate of drug-likeness (QED) is 0.0724. The van der Waals surface area contributed by atoms with Crippen LogP contribution in [0.4, 0.5) is 0 Å². The minimum atomic E-state index is -2.65.